The highest BCUT2D eigenvalue weighted by Crippen LogP contribution is 2.47. The Morgan fingerprint density at radius 1 is 1.28 bits per heavy atom. The largest absolute Gasteiger partial charge is 0.350 e. The lowest BCUT2D eigenvalue weighted by Crippen LogP contribution is -2.44. The Morgan fingerprint density at radius 2 is 2.00 bits per heavy atom. The number of amides is 1. The molecule has 1 saturated carbocycles. The van der Waals surface area contributed by atoms with Gasteiger partial charge in [0.1, 0.15) is 6.54 Å². The SMILES string of the molecule is CC(NC(=NCC(=O)N(C)C)N1CCC2(CCC2)C1)c1ccccc1. The van der Waals surface area contributed by atoms with E-state index in [1.54, 1.807) is 19.0 Å². The van der Waals surface area contributed by atoms with Gasteiger partial charge in [-0.3, -0.25) is 4.79 Å². The summed E-state index contributed by atoms with van der Waals surface area (Å²) in [7, 11) is 3.55. The highest BCUT2D eigenvalue weighted by molar-refractivity contribution is 5.85. The van der Waals surface area contributed by atoms with Crippen molar-refractivity contribution in [2.45, 2.75) is 38.6 Å². The molecule has 136 valence electrons. The molecule has 1 atom stereocenters. The second kappa shape index (κ2) is 7.46. The van der Waals surface area contributed by atoms with E-state index in [0.717, 1.165) is 19.0 Å². The molecule has 1 aromatic rings. The van der Waals surface area contributed by atoms with Crippen molar-refractivity contribution in [2.24, 2.45) is 10.4 Å². The summed E-state index contributed by atoms with van der Waals surface area (Å²) < 4.78 is 0. The molecular weight excluding hydrogens is 312 g/mol. The van der Waals surface area contributed by atoms with Gasteiger partial charge in [0.25, 0.3) is 0 Å². The number of likely N-dealkylation sites (N-methyl/N-ethyl adjacent to an activating group) is 1. The summed E-state index contributed by atoms with van der Waals surface area (Å²) in [5, 5.41) is 3.56. The zero-order valence-corrected chi connectivity index (χ0v) is 15.7. The Hall–Kier alpha value is -2.04. The molecule has 2 aliphatic rings. The first-order valence-electron chi connectivity index (χ1n) is 9.30. The van der Waals surface area contributed by atoms with Crippen LogP contribution in [0.25, 0.3) is 0 Å². The van der Waals surface area contributed by atoms with Gasteiger partial charge in [-0.05, 0) is 37.2 Å². The van der Waals surface area contributed by atoms with Gasteiger partial charge in [0.05, 0.1) is 6.04 Å². The molecule has 1 amide bonds. The van der Waals surface area contributed by atoms with E-state index in [9.17, 15) is 4.79 Å². The Balaban J connectivity index is 1.72. The van der Waals surface area contributed by atoms with Crippen LogP contribution in [0, 0.1) is 5.41 Å². The number of rotatable bonds is 4. The van der Waals surface area contributed by atoms with Crippen LogP contribution >= 0.6 is 0 Å². The number of nitrogens with zero attached hydrogens (tertiary/aromatic N) is 3. The Kier molecular flexibility index (Phi) is 5.30. The maximum atomic E-state index is 12.0. The van der Waals surface area contributed by atoms with Crippen LogP contribution in [0.1, 0.15) is 44.2 Å². The topological polar surface area (TPSA) is 47.9 Å². The maximum absolute atomic E-state index is 12.0. The highest BCUT2D eigenvalue weighted by atomic mass is 16.2. The van der Waals surface area contributed by atoms with Crippen LogP contribution in [0.5, 0.6) is 0 Å². The molecule has 0 aromatic heterocycles. The summed E-state index contributed by atoms with van der Waals surface area (Å²) in [6.45, 7) is 4.44. The standard InChI is InChI=1S/C20H30N4O/c1-16(17-8-5-4-6-9-17)22-19(21-14-18(25)23(2)3)24-13-12-20(15-24)10-7-11-20/h4-6,8-9,16H,7,10-15H2,1-3H3,(H,21,22). The van der Waals surface area contributed by atoms with Gasteiger partial charge in [0.2, 0.25) is 5.91 Å². The first-order chi connectivity index (χ1) is 12.0. The highest BCUT2D eigenvalue weighted by Gasteiger charge is 2.43. The smallest absolute Gasteiger partial charge is 0.243 e. The number of hydrogen-bond donors (Lipinski definition) is 1. The lowest BCUT2D eigenvalue weighted by Gasteiger charge is -2.38. The van der Waals surface area contributed by atoms with Crippen LogP contribution in [0.2, 0.25) is 0 Å². The quantitative estimate of drug-likeness (QED) is 0.676. The van der Waals surface area contributed by atoms with E-state index in [1.807, 2.05) is 6.07 Å². The fourth-order valence-corrected chi connectivity index (χ4v) is 3.74. The Labute approximate surface area is 151 Å². The summed E-state index contributed by atoms with van der Waals surface area (Å²) in [4.78, 5) is 20.6. The van der Waals surface area contributed by atoms with Crippen molar-refractivity contribution >= 4 is 11.9 Å². The predicted octanol–water partition coefficient (Wildman–Crippen LogP) is 2.66. The van der Waals surface area contributed by atoms with Crippen LogP contribution in [0.15, 0.2) is 35.3 Å². The van der Waals surface area contributed by atoms with E-state index in [4.69, 9.17) is 0 Å². The van der Waals surface area contributed by atoms with Gasteiger partial charge in [0.15, 0.2) is 5.96 Å². The van der Waals surface area contributed by atoms with E-state index in [-0.39, 0.29) is 18.5 Å². The van der Waals surface area contributed by atoms with Gasteiger partial charge in [-0.25, -0.2) is 4.99 Å². The summed E-state index contributed by atoms with van der Waals surface area (Å²) in [5.41, 5.74) is 1.73. The van der Waals surface area contributed by atoms with Gasteiger partial charge in [0, 0.05) is 27.2 Å². The van der Waals surface area contributed by atoms with Crippen LogP contribution in [-0.4, -0.2) is 55.4 Å². The fourth-order valence-electron chi connectivity index (χ4n) is 3.74. The zero-order valence-electron chi connectivity index (χ0n) is 15.7. The molecule has 5 heteroatoms. The first-order valence-corrected chi connectivity index (χ1v) is 9.30. The van der Waals surface area contributed by atoms with Gasteiger partial charge in [-0.2, -0.15) is 0 Å². The summed E-state index contributed by atoms with van der Waals surface area (Å²) in [6, 6.07) is 10.5. The summed E-state index contributed by atoms with van der Waals surface area (Å²) >= 11 is 0. The monoisotopic (exact) mass is 342 g/mol. The fraction of sp³-hybridized carbons (Fsp3) is 0.600. The Morgan fingerprint density at radius 3 is 2.56 bits per heavy atom. The number of benzene rings is 1. The third-order valence-electron chi connectivity index (χ3n) is 5.66. The van der Waals surface area contributed by atoms with Crippen molar-refractivity contribution in [1.82, 2.24) is 15.1 Å². The van der Waals surface area contributed by atoms with Crippen molar-refractivity contribution < 1.29 is 4.79 Å². The van der Waals surface area contributed by atoms with Crippen LogP contribution in [0.4, 0.5) is 0 Å². The average Bonchev–Trinajstić information content (AvgIpc) is 3.04. The molecule has 5 nitrogen and oxygen atoms in total. The second-order valence-corrected chi connectivity index (χ2v) is 7.73. The molecule has 1 N–H and O–H groups in total. The third-order valence-corrected chi connectivity index (χ3v) is 5.66. The molecule has 0 radical (unpaired) electrons. The normalized spacial score (nSPS) is 20.3. The number of likely N-dealkylation sites (tertiary alicyclic amines) is 1. The molecule has 2 fully saturated rings. The molecule has 1 heterocycles. The number of nitrogens with one attached hydrogen (secondary N) is 1. The molecule has 1 aliphatic heterocycles. The minimum atomic E-state index is 0.0317. The van der Waals surface area contributed by atoms with Crippen molar-refractivity contribution in [3.8, 4) is 0 Å². The first kappa shape index (κ1) is 17.8. The number of carbonyl (C=O) groups is 1. The van der Waals surface area contributed by atoms with E-state index in [2.05, 4.69) is 46.4 Å². The van der Waals surface area contributed by atoms with Gasteiger partial charge < -0.3 is 15.1 Å². The van der Waals surface area contributed by atoms with Crippen molar-refractivity contribution in [3.05, 3.63) is 35.9 Å². The summed E-state index contributed by atoms with van der Waals surface area (Å²) in [5.74, 6) is 0.902. The van der Waals surface area contributed by atoms with E-state index in [0.29, 0.717) is 5.41 Å². The number of aliphatic imine (C=N–C) groups is 1. The number of guanidine groups is 1. The molecular formula is C20H30N4O. The average molecular weight is 342 g/mol. The van der Waals surface area contributed by atoms with Gasteiger partial charge in [-0.1, -0.05) is 36.8 Å². The predicted molar refractivity (Wildman–Crippen MR) is 101 cm³/mol. The molecule has 0 bridgehead atoms. The van der Waals surface area contributed by atoms with Gasteiger partial charge >= 0.3 is 0 Å². The summed E-state index contributed by atoms with van der Waals surface area (Å²) in [6.07, 6.45) is 5.27. The van der Waals surface area contributed by atoms with E-state index < -0.39 is 0 Å². The molecule has 1 spiro atoms. The Bertz CT molecular complexity index is 622. The zero-order chi connectivity index (χ0) is 17.9. The van der Waals surface area contributed by atoms with Crippen LogP contribution in [0.3, 0.4) is 0 Å². The molecule has 25 heavy (non-hydrogen) atoms. The van der Waals surface area contributed by atoms with Crippen LogP contribution in [-0.2, 0) is 4.79 Å². The van der Waals surface area contributed by atoms with Crippen LogP contribution < -0.4 is 5.32 Å². The second-order valence-electron chi connectivity index (χ2n) is 7.73. The third kappa shape index (κ3) is 4.14. The van der Waals surface area contributed by atoms with E-state index >= 15 is 0 Å². The number of carbonyl (C=O) groups excluding carboxylic acids is 1. The minimum absolute atomic E-state index is 0.0317. The molecule has 3 rings (SSSR count). The number of hydrogen-bond acceptors (Lipinski definition) is 2. The van der Waals surface area contributed by atoms with E-state index in [1.165, 1.54) is 31.2 Å². The minimum Gasteiger partial charge on any atom is -0.350 e. The molecule has 1 unspecified atom stereocenters. The molecule has 1 saturated heterocycles. The van der Waals surface area contributed by atoms with Crippen molar-refractivity contribution in [1.29, 1.82) is 0 Å². The molecule has 1 aromatic carbocycles. The van der Waals surface area contributed by atoms with Crippen molar-refractivity contribution in [3.63, 3.8) is 0 Å². The van der Waals surface area contributed by atoms with Crippen molar-refractivity contribution in [2.75, 3.05) is 33.7 Å². The van der Waals surface area contributed by atoms with Gasteiger partial charge in [-0.15, -0.1) is 0 Å². The lowest BCUT2D eigenvalue weighted by atomic mass is 9.68. The lowest BCUT2D eigenvalue weighted by molar-refractivity contribution is -0.127. The molecule has 1 aliphatic carbocycles. The maximum Gasteiger partial charge on any atom is 0.243 e.